The lowest BCUT2D eigenvalue weighted by Gasteiger charge is -2.39. The molecular weight excluding hydrogens is 170 g/mol. The molecule has 1 aliphatic carbocycles. The Labute approximate surface area is 79.5 Å². The second-order valence-electron chi connectivity index (χ2n) is 3.83. The van der Waals surface area contributed by atoms with Gasteiger partial charge in [-0.2, -0.15) is 12.6 Å². The van der Waals surface area contributed by atoms with Gasteiger partial charge >= 0.3 is 0 Å². The molecule has 0 radical (unpaired) electrons. The van der Waals surface area contributed by atoms with Crippen LogP contribution < -0.4 is 5.32 Å². The molecule has 0 spiro atoms. The molecule has 1 aliphatic rings. The molecule has 0 aromatic rings. The number of hydrogen-bond donors (Lipinski definition) is 2. The summed E-state index contributed by atoms with van der Waals surface area (Å²) in [6.45, 7) is 4.07. The summed E-state index contributed by atoms with van der Waals surface area (Å²) in [7, 11) is 0. The Bertz CT molecular complexity index is 177. The monoisotopic (exact) mass is 187 g/mol. The third-order valence-electron chi connectivity index (χ3n) is 2.57. The van der Waals surface area contributed by atoms with E-state index in [9.17, 15) is 4.79 Å². The van der Waals surface area contributed by atoms with Crippen LogP contribution in [0.25, 0.3) is 0 Å². The number of nitrogens with one attached hydrogen (secondary N) is 1. The Morgan fingerprint density at radius 3 is 2.58 bits per heavy atom. The van der Waals surface area contributed by atoms with Crippen molar-refractivity contribution in [2.45, 2.75) is 50.3 Å². The van der Waals surface area contributed by atoms with Gasteiger partial charge in [-0.15, -0.1) is 0 Å². The first kappa shape index (κ1) is 9.90. The summed E-state index contributed by atoms with van der Waals surface area (Å²) in [5.41, 5.74) is 0.0766. The van der Waals surface area contributed by atoms with Crippen LogP contribution in [0.1, 0.15) is 39.5 Å². The molecular formula is C9H17NOS. The summed E-state index contributed by atoms with van der Waals surface area (Å²) in [6.07, 6.45) is 4.26. The summed E-state index contributed by atoms with van der Waals surface area (Å²) < 4.78 is 0. The van der Waals surface area contributed by atoms with Gasteiger partial charge in [-0.1, -0.05) is 6.92 Å². The molecule has 0 aromatic heterocycles. The highest BCUT2D eigenvalue weighted by Crippen LogP contribution is 2.31. The van der Waals surface area contributed by atoms with Crippen LogP contribution in [0.3, 0.4) is 0 Å². The van der Waals surface area contributed by atoms with Gasteiger partial charge < -0.3 is 5.32 Å². The Hall–Kier alpha value is -0.180. The lowest BCUT2D eigenvalue weighted by molar-refractivity contribution is -0.123. The third kappa shape index (κ3) is 2.16. The predicted molar refractivity (Wildman–Crippen MR) is 53.5 cm³/mol. The van der Waals surface area contributed by atoms with Crippen molar-refractivity contribution in [2.24, 2.45) is 0 Å². The molecule has 1 unspecified atom stereocenters. The van der Waals surface area contributed by atoms with Gasteiger partial charge in [-0.25, -0.2) is 0 Å². The highest BCUT2D eigenvalue weighted by atomic mass is 32.1. The first-order valence-corrected chi connectivity index (χ1v) is 5.09. The number of amides is 1. The highest BCUT2D eigenvalue weighted by Gasteiger charge is 2.33. The van der Waals surface area contributed by atoms with E-state index < -0.39 is 0 Å². The fourth-order valence-electron chi connectivity index (χ4n) is 1.40. The van der Waals surface area contributed by atoms with Crippen molar-refractivity contribution in [3.8, 4) is 0 Å². The Kier molecular flexibility index (Phi) is 3.04. The molecule has 12 heavy (non-hydrogen) atoms. The first-order valence-electron chi connectivity index (χ1n) is 4.57. The molecule has 1 fully saturated rings. The van der Waals surface area contributed by atoms with Gasteiger partial charge in [0.2, 0.25) is 5.91 Å². The van der Waals surface area contributed by atoms with Crippen LogP contribution in [0, 0.1) is 0 Å². The van der Waals surface area contributed by atoms with Gasteiger partial charge in [-0.05, 0) is 32.6 Å². The molecule has 1 amide bonds. The van der Waals surface area contributed by atoms with Crippen molar-refractivity contribution < 1.29 is 4.79 Å². The number of carbonyl (C=O) groups is 1. The minimum Gasteiger partial charge on any atom is -0.350 e. The smallest absolute Gasteiger partial charge is 0.233 e. The van der Waals surface area contributed by atoms with Crippen LogP contribution in [0.15, 0.2) is 0 Å². The largest absolute Gasteiger partial charge is 0.350 e. The van der Waals surface area contributed by atoms with Crippen LogP contribution >= 0.6 is 12.6 Å². The lowest BCUT2D eigenvalue weighted by atomic mass is 9.78. The summed E-state index contributed by atoms with van der Waals surface area (Å²) in [4.78, 5) is 11.4. The Balaban J connectivity index is 2.35. The van der Waals surface area contributed by atoms with E-state index in [0.29, 0.717) is 0 Å². The molecule has 0 aliphatic heterocycles. The van der Waals surface area contributed by atoms with Crippen LogP contribution in [-0.4, -0.2) is 16.7 Å². The van der Waals surface area contributed by atoms with E-state index in [4.69, 9.17) is 0 Å². The summed E-state index contributed by atoms with van der Waals surface area (Å²) in [5.74, 6) is 0.0861. The minimum atomic E-state index is -0.137. The van der Waals surface area contributed by atoms with Crippen molar-refractivity contribution in [1.82, 2.24) is 5.32 Å². The fourth-order valence-corrected chi connectivity index (χ4v) is 1.46. The summed E-state index contributed by atoms with van der Waals surface area (Å²) in [5, 5.41) is 2.89. The van der Waals surface area contributed by atoms with Gasteiger partial charge in [0.15, 0.2) is 0 Å². The second kappa shape index (κ2) is 3.69. The van der Waals surface area contributed by atoms with E-state index >= 15 is 0 Å². The van der Waals surface area contributed by atoms with Gasteiger partial charge in [0, 0.05) is 5.54 Å². The zero-order chi connectivity index (χ0) is 9.19. The van der Waals surface area contributed by atoms with E-state index in [1.165, 1.54) is 6.42 Å². The van der Waals surface area contributed by atoms with Gasteiger partial charge in [0.05, 0.1) is 5.25 Å². The van der Waals surface area contributed by atoms with Crippen molar-refractivity contribution in [1.29, 1.82) is 0 Å². The lowest BCUT2D eigenvalue weighted by Crippen LogP contribution is -2.53. The first-order chi connectivity index (χ1) is 5.57. The number of rotatable bonds is 3. The van der Waals surface area contributed by atoms with Crippen molar-refractivity contribution in [2.75, 3.05) is 0 Å². The zero-order valence-electron chi connectivity index (χ0n) is 7.76. The van der Waals surface area contributed by atoms with Crippen molar-refractivity contribution in [3.63, 3.8) is 0 Å². The predicted octanol–water partition coefficient (Wildman–Crippen LogP) is 1.75. The van der Waals surface area contributed by atoms with Gasteiger partial charge in [0.25, 0.3) is 0 Å². The molecule has 1 N–H and O–H groups in total. The highest BCUT2D eigenvalue weighted by molar-refractivity contribution is 7.81. The molecule has 1 atom stereocenters. The zero-order valence-corrected chi connectivity index (χ0v) is 8.66. The van der Waals surface area contributed by atoms with Crippen LogP contribution in [0.4, 0.5) is 0 Å². The van der Waals surface area contributed by atoms with E-state index in [1.54, 1.807) is 0 Å². The molecule has 70 valence electrons. The molecule has 0 saturated heterocycles. The molecule has 2 nitrogen and oxygen atoms in total. The molecule has 0 heterocycles. The Morgan fingerprint density at radius 1 is 1.67 bits per heavy atom. The average Bonchev–Trinajstić information content (AvgIpc) is 2.00. The SMILES string of the molecule is CCC(S)C(=O)NC1(C)CCC1. The second-order valence-corrected chi connectivity index (χ2v) is 4.45. The number of thiol groups is 1. The number of carbonyl (C=O) groups excluding carboxylic acids is 1. The minimum absolute atomic E-state index is 0.0766. The molecule has 1 rings (SSSR count). The van der Waals surface area contributed by atoms with Gasteiger partial charge in [0.1, 0.15) is 0 Å². The maximum atomic E-state index is 11.4. The third-order valence-corrected chi connectivity index (χ3v) is 3.17. The normalized spacial score (nSPS) is 22.6. The van der Waals surface area contributed by atoms with E-state index in [2.05, 4.69) is 24.9 Å². The maximum Gasteiger partial charge on any atom is 0.233 e. The molecule has 1 saturated carbocycles. The average molecular weight is 187 g/mol. The standard InChI is InChI=1S/C9H17NOS/c1-3-7(12)8(11)10-9(2)5-4-6-9/h7,12H,3-6H2,1-2H3,(H,10,11). The van der Waals surface area contributed by atoms with Gasteiger partial charge in [-0.3, -0.25) is 4.79 Å². The number of hydrogen-bond acceptors (Lipinski definition) is 2. The molecule has 3 heteroatoms. The van der Waals surface area contributed by atoms with E-state index in [-0.39, 0.29) is 16.7 Å². The quantitative estimate of drug-likeness (QED) is 0.648. The molecule has 0 aromatic carbocycles. The van der Waals surface area contributed by atoms with Crippen LogP contribution in [0.5, 0.6) is 0 Å². The van der Waals surface area contributed by atoms with E-state index in [1.807, 2.05) is 6.92 Å². The summed E-state index contributed by atoms with van der Waals surface area (Å²) >= 11 is 4.19. The topological polar surface area (TPSA) is 29.1 Å². The summed E-state index contributed by atoms with van der Waals surface area (Å²) in [6, 6.07) is 0. The molecule has 0 bridgehead atoms. The van der Waals surface area contributed by atoms with Crippen molar-refractivity contribution >= 4 is 18.5 Å². The Morgan fingerprint density at radius 2 is 2.25 bits per heavy atom. The van der Waals surface area contributed by atoms with Crippen LogP contribution in [0.2, 0.25) is 0 Å². The van der Waals surface area contributed by atoms with Crippen LogP contribution in [-0.2, 0) is 4.79 Å². The maximum absolute atomic E-state index is 11.4. The fraction of sp³-hybridized carbons (Fsp3) is 0.889. The van der Waals surface area contributed by atoms with E-state index in [0.717, 1.165) is 19.3 Å². The van der Waals surface area contributed by atoms with Crippen molar-refractivity contribution in [3.05, 3.63) is 0 Å².